The molecule has 0 aliphatic heterocycles. The first kappa shape index (κ1) is 48.8. The third kappa shape index (κ3) is 10.6. The largest absolute Gasteiger partial charge is 0.418 e. The number of ketones is 2. The van der Waals surface area contributed by atoms with E-state index >= 15 is 0 Å². The van der Waals surface area contributed by atoms with Crippen molar-refractivity contribution in [3.05, 3.63) is 113 Å². The number of alkyl halides is 6. The van der Waals surface area contributed by atoms with E-state index in [9.17, 15) is 35.9 Å². The van der Waals surface area contributed by atoms with Gasteiger partial charge < -0.3 is 0 Å². The van der Waals surface area contributed by atoms with Crippen LogP contribution in [0.4, 0.5) is 37.7 Å². The van der Waals surface area contributed by atoms with Crippen molar-refractivity contribution in [1.29, 1.82) is 0 Å². The maximum absolute atomic E-state index is 14.9. The Morgan fingerprint density at radius 1 is 0.467 bits per heavy atom. The second kappa shape index (κ2) is 16.8. The van der Waals surface area contributed by atoms with Crippen LogP contribution in [0.25, 0.3) is 11.1 Å². The lowest BCUT2D eigenvalue weighted by Gasteiger charge is -2.31. The average Bonchev–Trinajstić information content (AvgIpc) is 3.04. The van der Waals surface area contributed by atoms with E-state index in [2.05, 4.69) is 20.5 Å². The number of allylic oxidation sites excluding steroid dienone is 10. The normalized spacial score (nSPS) is 16.4. The van der Waals surface area contributed by atoms with Crippen molar-refractivity contribution in [2.24, 2.45) is 42.1 Å². The molecule has 0 heterocycles. The van der Waals surface area contributed by atoms with E-state index in [1.165, 1.54) is 12.4 Å². The van der Waals surface area contributed by atoms with Crippen LogP contribution in [0.2, 0.25) is 20.1 Å². The third-order valence-electron chi connectivity index (χ3n) is 9.43. The summed E-state index contributed by atoms with van der Waals surface area (Å²) in [5.74, 6) is -0.324. The number of carbonyl (C=O) groups is 2. The van der Waals surface area contributed by atoms with Gasteiger partial charge in [-0.15, -0.1) is 10.2 Å². The third-order valence-corrected chi connectivity index (χ3v) is 10.7. The summed E-state index contributed by atoms with van der Waals surface area (Å²) in [5.41, 5.74) is -6.54. The number of carbonyl (C=O) groups excluding carboxylic acids is 2. The molecular formula is C44H44Cl4F6N4O2. The lowest BCUT2D eigenvalue weighted by atomic mass is 9.72. The number of halogens is 10. The van der Waals surface area contributed by atoms with Gasteiger partial charge in [-0.2, -0.15) is 36.6 Å². The topological polar surface area (TPSA) is 83.6 Å². The molecule has 2 aromatic carbocycles. The van der Waals surface area contributed by atoms with E-state index in [-0.39, 0.29) is 11.6 Å². The lowest BCUT2D eigenvalue weighted by Crippen LogP contribution is -2.27. The summed E-state index contributed by atoms with van der Waals surface area (Å²) in [6.45, 7) is 22.2. The van der Waals surface area contributed by atoms with Gasteiger partial charge in [-0.1, -0.05) is 129 Å². The molecule has 0 atom stereocenters. The Kier molecular flexibility index (Phi) is 13.7. The van der Waals surface area contributed by atoms with Gasteiger partial charge >= 0.3 is 12.4 Å². The molecule has 0 N–H and O–H groups in total. The molecule has 2 aliphatic rings. The minimum atomic E-state index is -5.36. The van der Waals surface area contributed by atoms with Gasteiger partial charge in [0.05, 0.1) is 43.6 Å². The maximum Gasteiger partial charge on any atom is 0.418 e. The van der Waals surface area contributed by atoms with Gasteiger partial charge in [0.25, 0.3) is 0 Å². The molecule has 0 saturated heterocycles. The first-order valence-corrected chi connectivity index (χ1v) is 20.0. The predicted octanol–water partition coefficient (Wildman–Crippen LogP) is 17.0. The zero-order valence-electron chi connectivity index (χ0n) is 35.0. The molecule has 2 aromatic rings. The van der Waals surface area contributed by atoms with Crippen molar-refractivity contribution in [2.75, 3.05) is 0 Å². The predicted molar refractivity (Wildman–Crippen MR) is 227 cm³/mol. The van der Waals surface area contributed by atoms with Crippen LogP contribution in [0.5, 0.6) is 0 Å². The van der Waals surface area contributed by atoms with Crippen molar-refractivity contribution in [1.82, 2.24) is 0 Å². The van der Waals surface area contributed by atoms with Crippen LogP contribution in [0, 0.1) is 21.7 Å². The standard InChI is InChI=1S/C44H44Cl4F6N4O2/c1-39(2,3)25-13-21(14-26(37(25)59)40(4,5)6)19-55-57-35-29(45)17-23(31(33(35)47)43(49,50)51)24-18-30(46)36(34(48)32(24)44(52,53)54)58-56-20-22-15-27(41(7,8)9)38(60)28(16-22)42(10,11)12/h13-20H,1-12H3/b57-55+,58-56+. The molecule has 0 spiro atoms. The Hall–Kier alpha value is -3.84. The zero-order valence-corrected chi connectivity index (χ0v) is 38.0. The summed E-state index contributed by atoms with van der Waals surface area (Å²) in [4.78, 5) is 26.6. The van der Waals surface area contributed by atoms with Crippen LogP contribution in [0.15, 0.2) is 103 Å². The van der Waals surface area contributed by atoms with E-state index < -0.39 is 87.7 Å². The van der Waals surface area contributed by atoms with Gasteiger partial charge in [0.15, 0.2) is 11.6 Å². The van der Waals surface area contributed by atoms with Crippen molar-refractivity contribution in [3.63, 3.8) is 0 Å². The molecule has 0 unspecified atom stereocenters. The van der Waals surface area contributed by atoms with E-state index in [0.717, 1.165) is 0 Å². The molecule has 0 amide bonds. The fourth-order valence-electron chi connectivity index (χ4n) is 6.37. The van der Waals surface area contributed by atoms with Crippen molar-refractivity contribution >= 4 is 69.3 Å². The zero-order chi connectivity index (χ0) is 45.9. The minimum absolute atomic E-state index is 0.162. The Balaban J connectivity index is 1.90. The Morgan fingerprint density at radius 2 is 0.717 bits per heavy atom. The number of hydrogen-bond acceptors (Lipinski definition) is 6. The molecule has 2 aliphatic carbocycles. The van der Waals surface area contributed by atoms with Gasteiger partial charge in [0.1, 0.15) is 11.4 Å². The lowest BCUT2D eigenvalue weighted by molar-refractivity contribution is -0.139. The fraction of sp³-hybridized carbons (Fsp3) is 0.409. The molecule has 322 valence electrons. The van der Waals surface area contributed by atoms with Crippen molar-refractivity contribution in [3.8, 4) is 11.1 Å². The minimum Gasteiger partial charge on any atom is -0.289 e. The molecule has 6 nitrogen and oxygen atoms in total. The van der Waals surface area contributed by atoms with E-state index in [1.807, 2.05) is 83.1 Å². The highest BCUT2D eigenvalue weighted by molar-refractivity contribution is 6.41. The van der Waals surface area contributed by atoms with E-state index in [1.54, 1.807) is 24.3 Å². The fourth-order valence-corrected chi connectivity index (χ4v) is 7.64. The summed E-state index contributed by atoms with van der Waals surface area (Å²) >= 11 is 25.4. The molecule has 60 heavy (non-hydrogen) atoms. The van der Waals surface area contributed by atoms with Crippen LogP contribution in [0.1, 0.15) is 94.2 Å². The Labute approximate surface area is 365 Å². The smallest absolute Gasteiger partial charge is 0.289 e. The maximum atomic E-state index is 14.9. The molecule has 0 fully saturated rings. The SMILES string of the molecule is CC(C)(C)C1=CC(=C/N=N/c2c(Cl)cc(-c3cc(Cl)c(/N=N/C=C4C=C(C(C)(C)C)C(=O)C(C(C)(C)C)=C4)c(Cl)c3C(F)(F)F)c(C(F)(F)F)c2Cl)C=C(C(C)(C)C)C1=O. The summed E-state index contributed by atoms with van der Waals surface area (Å²) in [6.07, 6.45) is -1.94. The van der Waals surface area contributed by atoms with Crippen LogP contribution < -0.4 is 0 Å². The first-order valence-electron chi connectivity index (χ1n) is 18.5. The average molecular weight is 917 g/mol. The monoisotopic (exact) mass is 914 g/mol. The number of rotatable bonds is 5. The second-order valence-electron chi connectivity index (χ2n) is 18.5. The molecule has 16 heteroatoms. The number of nitrogens with zero attached hydrogens (tertiary/aromatic N) is 4. The van der Waals surface area contributed by atoms with Gasteiger partial charge in [-0.3, -0.25) is 9.59 Å². The van der Waals surface area contributed by atoms with Gasteiger partial charge in [-0.25, -0.2) is 0 Å². The number of Topliss-reactive ketones (excluding diaryl/α,β-unsaturated/α-hetero) is 2. The summed E-state index contributed by atoms with van der Waals surface area (Å²) < 4.78 is 89.2. The summed E-state index contributed by atoms with van der Waals surface area (Å²) in [5, 5.41) is 12.1. The molecule has 0 bridgehead atoms. The molecule has 0 radical (unpaired) electrons. The Morgan fingerprint density at radius 3 is 0.933 bits per heavy atom. The van der Waals surface area contributed by atoms with Gasteiger partial charge in [0.2, 0.25) is 0 Å². The van der Waals surface area contributed by atoms with Crippen LogP contribution in [-0.4, -0.2) is 11.6 Å². The highest BCUT2D eigenvalue weighted by atomic mass is 35.5. The second-order valence-corrected chi connectivity index (χ2v) is 20.0. The van der Waals surface area contributed by atoms with Crippen LogP contribution >= 0.6 is 46.4 Å². The quantitative estimate of drug-likeness (QED) is 0.221. The molecule has 4 rings (SSSR count). The highest BCUT2D eigenvalue weighted by Crippen LogP contribution is 2.54. The first-order chi connectivity index (χ1) is 27.1. The number of hydrogen-bond donors (Lipinski definition) is 0. The van der Waals surface area contributed by atoms with E-state index in [4.69, 9.17) is 46.4 Å². The Bertz CT molecular complexity index is 2160. The number of benzene rings is 2. The molecule has 0 saturated carbocycles. The molecular weight excluding hydrogens is 872 g/mol. The van der Waals surface area contributed by atoms with Crippen LogP contribution in [0.3, 0.4) is 0 Å². The summed E-state index contributed by atoms with van der Waals surface area (Å²) in [7, 11) is 0. The highest BCUT2D eigenvalue weighted by Gasteiger charge is 2.44. The van der Waals surface area contributed by atoms with Gasteiger partial charge in [0, 0.05) is 22.3 Å². The van der Waals surface area contributed by atoms with Crippen molar-refractivity contribution < 1.29 is 35.9 Å². The molecule has 0 aromatic heterocycles. The van der Waals surface area contributed by atoms with Crippen LogP contribution in [-0.2, 0) is 21.9 Å². The number of azo groups is 2. The summed E-state index contributed by atoms with van der Waals surface area (Å²) in [6, 6.07) is 1.25. The van der Waals surface area contributed by atoms with E-state index in [0.29, 0.717) is 45.6 Å². The van der Waals surface area contributed by atoms with Gasteiger partial charge in [-0.05, 0) is 80.4 Å². The van der Waals surface area contributed by atoms with Crippen molar-refractivity contribution in [2.45, 2.75) is 95.4 Å².